The molecular formula is C22H38N2O. The topological polar surface area (TPSA) is 45.7 Å². The number of nitrogens with two attached hydrogens (primary N) is 1. The molecule has 4 aliphatic carbocycles. The van der Waals surface area contributed by atoms with Crippen molar-refractivity contribution >= 4 is 6.41 Å². The predicted molar refractivity (Wildman–Crippen MR) is 100 cm³/mol. The summed E-state index contributed by atoms with van der Waals surface area (Å²) in [6, 6.07) is 0. The van der Waals surface area contributed by atoms with Crippen molar-refractivity contribution in [3.63, 3.8) is 0 Å². The van der Waals surface area contributed by atoms with Gasteiger partial charge in [-0.25, -0.2) is 0 Å². The van der Waals surface area contributed by atoms with Gasteiger partial charge in [0.2, 0.25) is 6.41 Å². The Labute approximate surface area is 154 Å². The van der Waals surface area contributed by atoms with Crippen LogP contribution in [-0.4, -0.2) is 17.5 Å². The van der Waals surface area contributed by atoms with Crippen LogP contribution in [0.3, 0.4) is 0 Å². The number of carbonyl (C=O) groups excluding carboxylic acids is 1. The van der Waals surface area contributed by atoms with E-state index in [1.807, 2.05) is 0 Å². The third-order valence-electron chi connectivity index (χ3n) is 9.77. The van der Waals surface area contributed by atoms with E-state index in [2.05, 4.69) is 45.4 Å². The fraction of sp³-hybridized carbons (Fsp3) is 0.909. The number of hydrogen-bond acceptors (Lipinski definition) is 1. The lowest BCUT2D eigenvalue weighted by Gasteiger charge is -2.66. The summed E-state index contributed by atoms with van der Waals surface area (Å²) in [6.07, 6.45) is 8.86. The Kier molecular flexibility index (Phi) is 4.26. The number of nitrogens with one attached hydrogen (secondary N) is 1. The van der Waals surface area contributed by atoms with Crippen molar-refractivity contribution in [3.05, 3.63) is 7.05 Å². The van der Waals surface area contributed by atoms with Crippen molar-refractivity contribution in [3.8, 4) is 0 Å². The largest absolute Gasteiger partial charge is 0.474 e. The van der Waals surface area contributed by atoms with Crippen LogP contribution in [0.15, 0.2) is 0 Å². The van der Waals surface area contributed by atoms with Crippen molar-refractivity contribution in [1.29, 1.82) is 0 Å². The molecule has 0 heterocycles. The summed E-state index contributed by atoms with van der Waals surface area (Å²) in [5.41, 5.74) is 0.312. The lowest BCUT2D eigenvalue weighted by Crippen LogP contribution is -2.96. The lowest BCUT2D eigenvalue weighted by molar-refractivity contribution is -0.696. The quantitative estimate of drug-likeness (QED) is 0.599. The highest BCUT2D eigenvalue weighted by atomic mass is 16.1. The highest BCUT2D eigenvalue weighted by Crippen LogP contribution is 2.64. The SMILES string of the molecule is [CH2-][NH2+][C@]1(C)[C@H](C)C[C@@H]2C[C@H](C)[C@H]3CC[C@](C)(NC=O)[C@H]4CC[C@H]1[C@@H]2[C@H]34. The molecule has 1 amide bonds. The second-order valence-electron chi connectivity index (χ2n) is 10.5. The maximum Gasteiger partial charge on any atom is 0.207 e. The van der Waals surface area contributed by atoms with Crippen LogP contribution in [0, 0.1) is 54.4 Å². The Bertz CT molecular complexity index is 536. The summed E-state index contributed by atoms with van der Waals surface area (Å²) in [7, 11) is 4.28. The molecule has 0 aromatic rings. The zero-order chi connectivity index (χ0) is 18.0. The van der Waals surface area contributed by atoms with Gasteiger partial charge in [-0.2, -0.15) is 7.05 Å². The van der Waals surface area contributed by atoms with Gasteiger partial charge in [-0.05, 0) is 87.9 Å². The Balaban J connectivity index is 1.74. The van der Waals surface area contributed by atoms with Crippen molar-refractivity contribution in [1.82, 2.24) is 5.32 Å². The molecule has 0 bridgehead atoms. The molecule has 0 aromatic carbocycles. The zero-order valence-electron chi connectivity index (χ0n) is 16.6. The summed E-state index contributed by atoms with van der Waals surface area (Å²) >= 11 is 0. The van der Waals surface area contributed by atoms with Crippen LogP contribution in [-0.2, 0) is 4.79 Å². The molecule has 3 heteroatoms. The first-order valence-electron chi connectivity index (χ1n) is 10.7. The molecule has 0 aromatic heterocycles. The molecule has 0 spiro atoms. The molecule has 0 aliphatic heterocycles. The fourth-order valence-electron chi connectivity index (χ4n) is 8.29. The normalized spacial score (nSPS) is 57.5. The van der Waals surface area contributed by atoms with E-state index in [-0.39, 0.29) is 5.54 Å². The predicted octanol–water partition coefficient (Wildman–Crippen LogP) is 2.97. The standard InChI is InChI=1S/C22H38N2O/c1-13-10-15-11-14(2)22(4,23-5)18-7-6-17-20(19(15)18)16(13)8-9-21(17,3)24-12-25/h12-20H,5-11,23H2,1-4H3,(H,24,25)/t13-,14+,15-,16+,17-,18-,19+,20+,21-,22+/m0/s1. The summed E-state index contributed by atoms with van der Waals surface area (Å²) in [5.74, 6) is 6.51. The van der Waals surface area contributed by atoms with Gasteiger partial charge in [0.15, 0.2) is 0 Å². The molecule has 4 saturated carbocycles. The van der Waals surface area contributed by atoms with E-state index in [4.69, 9.17) is 0 Å². The van der Waals surface area contributed by atoms with Crippen molar-refractivity contribution in [2.24, 2.45) is 47.3 Å². The van der Waals surface area contributed by atoms with Gasteiger partial charge in [-0.1, -0.05) is 13.8 Å². The number of amides is 1. The molecule has 4 fully saturated rings. The second kappa shape index (κ2) is 5.97. The van der Waals surface area contributed by atoms with Gasteiger partial charge in [0.25, 0.3) is 0 Å². The van der Waals surface area contributed by atoms with Crippen molar-refractivity contribution in [2.45, 2.75) is 77.3 Å². The minimum atomic E-state index is 0.0170. The number of rotatable bonds is 3. The number of carbonyl (C=O) groups is 1. The molecule has 4 aliphatic rings. The number of hydrogen-bond donors (Lipinski definition) is 2. The van der Waals surface area contributed by atoms with Crippen LogP contribution in [0.2, 0.25) is 0 Å². The van der Waals surface area contributed by atoms with Crippen molar-refractivity contribution < 1.29 is 10.1 Å². The molecule has 0 saturated heterocycles. The maximum atomic E-state index is 11.3. The number of quaternary nitrogens is 1. The highest BCUT2D eigenvalue weighted by molar-refractivity contribution is 5.48. The Hall–Kier alpha value is -0.570. The summed E-state index contributed by atoms with van der Waals surface area (Å²) in [6.45, 7) is 9.81. The van der Waals surface area contributed by atoms with Gasteiger partial charge in [0.1, 0.15) is 0 Å². The molecule has 25 heavy (non-hydrogen) atoms. The molecular weight excluding hydrogens is 308 g/mol. The van der Waals surface area contributed by atoms with E-state index in [1.165, 1.54) is 38.5 Å². The smallest absolute Gasteiger partial charge is 0.207 e. The lowest BCUT2D eigenvalue weighted by atomic mass is 9.40. The summed E-state index contributed by atoms with van der Waals surface area (Å²) in [4.78, 5) is 11.3. The van der Waals surface area contributed by atoms with E-state index < -0.39 is 0 Å². The Morgan fingerprint density at radius 2 is 1.80 bits per heavy atom. The van der Waals surface area contributed by atoms with Crippen molar-refractivity contribution in [2.75, 3.05) is 0 Å². The van der Waals surface area contributed by atoms with E-state index in [0.717, 1.165) is 47.8 Å². The molecule has 142 valence electrons. The third-order valence-corrected chi connectivity index (χ3v) is 9.77. The van der Waals surface area contributed by atoms with Crippen LogP contribution in [0.4, 0.5) is 0 Å². The molecule has 3 nitrogen and oxygen atoms in total. The van der Waals surface area contributed by atoms with Gasteiger partial charge < -0.3 is 10.6 Å². The van der Waals surface area contributed by atoms with Crippen LogP contribution in [0.1, 0.15) is 66.2 Å². The van der Waals surface area contributed by atoms with Gasteiger partial charge in [0, 0.05) is 17.4 Å². The monoisotopic (exact) mass is 346 g/mol. The van der Waals surface area contributed by atoms with Gasteiger partial charge in [0.05, 0.1) is 5.54 Å². The third kappa shape index (κ3) is 2.37. The summed E-state index contributed by atoms with van der Waals surface area (Å²) in [5, 5.41) is 5.58. The van der Waals surface area contributed by atoms with Gasteiger partial charge in [-0.3, -0.25) is 4.79 Å². The fourth-order valence-corrected chi connectivity index (χ4v) is 8.29. The Morgan fingerprint density at radius 1 is 1.08 bits per heavy atom. The van der Waals surface area contributed by atoms with E-state index >= 15 is 0 Å². The molecule has 3 N–H and O–H groups in total. The first kappa shape index (κ1) is 17.8. The first-order chi connectivity index (χ1) is 11.9. The van der Waals surface area contributed by atoms with E-state index in [0.29, 0.717) is 11.5 Å². The zero-order valence-corrected chi connectivity index (χ0v) is 16.6. The molecule has 0 unspecified atom stereocenters. The summed E-state index contributed by atoms with van der Waals surface area (Å²) < 4.78 is 0. The minimum Gasteiger partial charge on any atom is -0.474 e. The highest BCUT2D eigenvalue weighted by Gasteiger charge is 2.63. The first-order valence-corrected chi connectivity index (χ1v) is 10.7. The average molecular weight is 347 g/mol. The van der Waals surface area contributed by atoms with Crippen LogP contribution >= 0.6 is 0 Å². The Morgan fingerprint density at radius 3 is 2.48 bits per heavy atom. The van der Waals surface area contributed by atoms with Gasteiger partial charge in [-0.15, -0.1) is 0 Å². The van der Waals surface area contributed by atoms with Gasteiger partial charge >= 0.3 is 0 Å². The van der Waals surface area contributed by atoms with Crippen LogP contribution in [0.5, 0.6) is 0 Å². The maximum absolute atomic E-state index is 11.3. The molecule has 4 rings (SSSR count). The van der Waals surface area contributed by atoms with E-state index in [1.54, 1.807) is 0 Å². The van der Waals surface area contributed by atoms with Crippen LogP contribution in [0.25, 0.3) is 0 Å². The van der Waals surface area contributed by atoms with E-state index in [9.17, 15) is 4.79 Å². The second-order valence-corrected chi connectivity index (χ2v) is 10.5. The minimum absolute atomic E-state index is 0.0170. The molecule has 10 atom stereocenters. The average Bonchev–Trinajstić information content (AvgIpc) is 2.58. The van der Waals surface area contributed by atoms with Crippen LogP contribution < -0.4 is 10.6 Å². The molecule has 0 radical (unpaired) electrons.